The van der Waals surface area contributed by atoms with Crippen molar-refractivity contribution in [1.82, 2.24) is 15.0 Å². The quantitative estimate of drug-likeness (QED) is 0.330. The molecule has 2 N–H and O–H groups in total. The van der Waals surface area contributed by atoms with Crippen molar-refractivity contribution in [2.24, 2.45) is 0 Å². The SMILES string of the molecule is COc1ccc(-c2c(C(C)=O)c(C)nc3sc4c(=S)[nH]c(=S)[nH]c4c23)cc1. The number of rotatable bonds is 3. The first-order valence-corrected chi connectivity index (χ1v) is 9.78. The van der Waals surface area contributed by atoms with E-state index in [1.54, 1.807) is 14.0 Å². The van der Waals surface area contributed by atoms with E-state index in [-0.39, 0.29) is 5.78 Å². The van der Waals surface area contributed by atoms with E-state index in [2.05, 4.69) is 15.0 Å². The van der Waals surface area contributed by atoms with Gasteiger partial charge in [0.05, 0.1) is 23.0 Å². The predicted octanol–water partition coefficient (Wildman–Crippen LogP) is 5.75. The van der Waals surface area contributed by atoms with Crippen molar-refractivity contribution in [3.8, 4) is 16.9 Å². The van der Waals surface area contributed by atoms with Gasteiger partial charge in [0.15, 0.2) is 10.6 Å². The van der Waals surface area contributed by atoms with Crippen LogP contribution in [0.5, 0.6) is 5.75 Å². The summed E-state index contributed by atoms with van der Waals surface area (Å²) in [7, 11) is 1.62. The number of aromatic amines is 2. The van der Waals surface area contributed by atoms with E-state index in [4.69, 9.17) is 29.2 Å². The number of ketones is 1. The second kappa shape index (κ2) is 6.63. The number of methoxy groups -OCH3 is 1. The standard InChI is InChI=1S/C19H15N3O2S3/c1-8-12(9(2)23)13(10-4-6-11(24-3)7-5-10)14-15-16(27-18(14)20-8)17(25)22-19(26)21-15/h4-7H,1-3H3,(H2,21,22,25,26). The van der Waals surface area contributed by atoms with Gasteiger partial charge in [0.25, 0.3) is 0 Å². The summed E-state index contributed by atoms with van der Waals surface area (Å²) in [6.07, 6.45) is 0. The zero-order valence-electron chi connectivity index (χ0n) is 14.8. The summed E-state index contributed by atoms with van der Waals surface area (Å²) in [5.41, 5.74) is 3.86. The van der Waals surface area contributed by atoms with Gasteiger partial charge in [-0.05, 0) is 43.8 Å². The van der Waals surface area contributed by atoms with Crippen molar-refractivity contribution in [1.29, 1.82) is 0 Å². The molecule has 0 fully saturated rings. The lowest BCUT2D eigenvalue weighted by Gasteiger charge is -2.13. The number of nitrogens with one attached hydrogen (secondary N) is 2. The number of ether oxygens (including phenoxy) is 1. The van der Waals surface area contributed by atoms with Gasteiger partial charge in [-0.25, -0.2) is 4.98 Å². The normalized spacial score (nSPS) is 11.2. The van der Waals surface area contributed by atoms with Crippen LogP contribution >= 0.6 is 35.8 Å². The maximum atomic E-state index is 12.5. The number of carbonyl (C=O) groups is 1. The molecule has 0 saturated carbocycles. The maximum Gasteiger partial charge on any atom is 0.175 e. The summed E-state index contributed by atoms with van der Waals surface area (Å²) in [6.45, 7) is 3.42. The molecule has 0 unspecified atom stereocenters. The Bertz CT molecular complexity index is 1330. The summed E-state index contributed by atoms with van der Waals surface area (Å²) in [5.74, 6) is 0.717. The van der Waals surface area contributed by atoms with Crippen molar-refractivity contribution < 1.29 is 9.53 Å². The van der Waals surface area contributed by atoms with Gasteiger partial charge < -0.3 is 14.7 Å². The van der Waals surface area contributed by atoms with Gasteiger partial charge in [-0.2, -0.15) is 0 Å². The Morgan fingerprint density at radius 1 is 1.19 bits per heavy atom. The lowest BCUT2D eigenvalue weighted by molar-refractivity contribution is 0.101. The van der Waals surface area contributed by atoms with Gasteiger partial charge in [0.2, 0.25) is 0 Å². The highest BCUT2D eigenvalue weighted by atomic mass is 32.1. The number of fused-ring (bicyclic) bond motifs is 3. The topological polar surface area (TPSA) is 70.8 Å². The number of pyridine rings is 1. The van der Waals surface area contributed by atoms with Crippen LogP contribution in [0.1, 0.15) is 23.0 Å². The molecule has 3 aromatic heterocycles. The minimum Gasteiger partial charge on any atom is -0.497 e. The summed E-state index contributed by atoms with van der Waals surface area (Å²) in [4.78, 5) is 24.2. The lowest BCUT2D eigenvalue weighted by atomic mass is 9.94. The number of thiophene rings is 1. The molecule has 0 saturated heterocycles. The molecule has 0 aliphatic heterocycles. The highest BCUT2D eigenvalue weighted by Crippen LogP contribution is 2.41. The second-order valence-electron chi connectivity index (χ2n) is 6.13. The average Bonchev–Trinajstić information content (AvgIpc) is 2.98. The molecule has 0 radical (unpaired) electrons. The number of nitrogens with zero attached hydrogens (tertiary/aromatic N) is 1. The first-order valence-electron chi connectivity index (χ1n) is 8.15. The average molecular weight is 414 g/mol. The van der Waals surface area contributed by atoms with E-state index in [1.165, 1.54) is 11.3 Å². The van der Waals surface area contributed by atoms with Gasteiger partial charge in [-0.15, -0.1) is 11.3 Å². The zero-order chi connectivity index (χ0) is 19.3. The molecule has 27 heavy (non-hydrogen) atoms. The molecule has 0 bridgehead atoms. The van der Waals surface area contributed by atoms with Gasteiger partial charge in [-0.3, -0.25) is 4.79 Å². The molecular weight excluding hydrogens is 398 g/mol. The largest absolute Gasteiger partial charge is 0.497 e. The molecule has 4 aromatic rings. The molecule has 0 atom stereocenters. The fraction of sp³-hybridized carbons (Fsp3) is 0.158. The third-order valence-corrected chi connectivity index (χ3v) is 6.16. The van der Waals surface area contributed by atoms with Crippen molar-refractivity contribution in [3.05, 3.63) is 44.9 Å². The van der Waals surface area contributed by atoms with Gasteiger partial charge in [0.1, 0.15) is 15.2 Å². The smallest absolute Gasteiger partial charge is 0.175 e. The number of H-pyrrole nitrogens is 2. The predicted molar refractivity (Wildman–Crippen MR) is 114 cm³/mol. The van der Waals surface area contributed by atoms with Gasteiger partial charge >= 0.3 is 0 Å². The zero-order valence-corrected chi connectivity index (χ0v) is 17.2. The number of benzene rings is 1. The fourth-order valence-electron chi connectivity index (χ4n) is 3.30. The molecule has 8 heteroatoms. The van der Waals surface area contributed by atoms with Crippen LogP contribution in [0.2, 0.25) is 0 Å². The highest BCUT2D eigenvalue weighted by molar-refractivity contribution is 7.72. The molecule has 0 spiro atoms. The molecule has 5 nitrogen and oxygen atoms in total. The Kier molecular flexibility index (Phi) is 4.41. The summed E-state index contributed by atoms with van der Waals surface area (Å²) in [6, 6.07) is 7.65. The number of hydrogen-bond donors (Lipinski definition) is 2. The molecule has 0 amide bonds. The molecule has 0 aliphatic rings. The van der Waals surface area contributed by atoms with Crippen molar-refractivity contribution >= 4 is 62.0 Å². The van der Waals surface area contributed by atoms with Crippen LogP contribution in [-0.2, 0) is 0 Å². The van der Waals surface area contributed by atoms with Crippen molar-refractivity contribution in [3.63, 3.8) is 0 Å². The third kappa shape index (κ3) is 2.90. The molecule has 0 aliphatic carbocycles. The molecule has 1 aromatic carbocycles. The Labute approximate surface area is 169 Å². The van der Waals surface area contributed by atoms with Crippen LogP contribution in [0.15, 0.2) is 24.3 Å². The van der Waals surface area contributed by atoms with Crippen LogP contribution in [-0.4, -0.2) is 27.8 Å². The van der Waals surface area contributed by atoms with E-state index >= 15 is 0 Å². The van der Waals surface area contributed by atoms with Crippen LogP contribution in [0, 0.1) is 16.3 Å². The summed E-state index contributed by atoms with van der Waals surface area (Å²) < 4.78 is 7.15. The number of carbonyl (C=O) groups excluding carboxylic acids is 1. The number of aryl methyl sites for hydroxylation is 1. The number of aromatic nitrogens is 3. The van der Waals surface area contributed by atoms with E-state index in [9.17, 15) is 4.79 Å². The van der Waals surface area contributed by atoms with E-state index in [0.29, 0.717) is 20.7 Å². The summed E-state index contributed by atoms with van der Waals surface area (Å²) in [5, 5.41) is 0.863. The van der Waals surface area contributed by atoms with E-state index < -0.39 is 0 Å². The number of Topliss-reactive ketones (excluding diaryl/α,β-unsaturated/α-hetero) is 1. The first kappa shape index (κ1) is 18.0. The van der Waals surface area contributed by atoms with Crippen LogP contribution < -0.4 is 4.74 Å². The Balaban J connectivity index is 2.24. The first-order chi connectivity index (χ1) is 12.9. The molecule has 4 rings (SSSR count). The Morgan fingerprint density at radius 3 is 2.52 bits per heavy atom. The Hall–Kier alpha value is -2.42. The fourth-order valence-corrected chi connectivity index (χ4v) is 4.98. The van der Waals surface area contributed by atoms with E-state index in [0.717, 1.165) is 37.3 Å². The lowest BCUT2D eigenvalue weighted by Crippen LogP contribution is -2.03. The van der Waals surface area contributed by atoms with E-state index in [1.807, 2.05) is 31.2 Å². The highest BCUT2D eigenvalue weighted by Gasteiger charge is 2.22. The molecular formula is C19H15N3O2S3. The van der Waals surface area contributed by atoms with Gasteiger partial charge in [0, 0.05) is 16.5 Å². The van der Waals surface area contributed by atoms with Crippen LogP contribution in [0.4, 0.5) is 0 Å². The molecule has 136 valence electrons. The second-order valence-corrected chi connectivity index (χ2v) is 7.94. The minimum atomic E-state index is -0.0354. The van der Waals surface area contributed by atoms with Crippen molar-refractivity contribution in [2.45, 2.75) is 13.8 Å². The van der Waals surface area contributed by atoms with Crippen molar-refractivity contribution in [2.75, 3.05) is 7.11 Å². The van der Waals surface area contributed by atoms with Crippen LogP contribution in [0.25, 0.3) is 31.6 Å². The number of hydrogen-bond acceptors (Lipinski definition) is 6. The van der Waals surface area contributed by atoms with Gasteiger partial charge in [-0.1, -0.05) is 24.4 Å². The Morgan fingerprint density at radius 2 is 1.89 bits per heavy atom. The minimum absolute atomic E-state index is 0.0354. The van der Waals surface area contributed by atoms with Crippen LogP contribution in [0.3, 0.4) is 0 Å². The monoisotopic (exact) mass is 413 g/mol. The summed E-state index contributed by atoms with van der Waals surface area (Å²) >= 11 is 12.2. The maximum absolute atomic E-state index is 12.5. The molecule has 3 heterocycles. The third-order valence-electron chi connectivity index (χ3n) is 4.42.